The predicted molar refractivity (Wildman–Crippen MR) is 167 cm³/mol. The van der Waals surface area contributed by atoms with Crippen LogP contribution in [0.2, 0.25) is 0 Å². The lowest BCUT2D eigenvalue weighted by molar-refractivity contribution is -0.193. The van der Waals surface area contributed by atoms with Crippen LogP contribution in [0.25, 0.3) is 10.9 Å². The Hall–Kier alpha value is -4.97. The zero-order chi connectivity index (χ0) is 38.5. The molecule has 2 fully saturated rings. The summed E-state index contributed by atoms with van der Waals surface area (Å²) in [6, 6.07) is 17.1. The maximum Gasteiger partial charge on any atom is 0.490 e. The van der Waals surface area contributed by atoms with Gasteiger partial charge >= 0.3 is 24.3 Å². The number of halogens is 6. The number of amides is 2. The minimum atomic E-state index is -5.08. The van der Waals surface area contributed by atoms with Crippen molar-refractivity contribution in [1.29, 1.82) is 0 Å². The molecule has 2 amide bonds. The number of alkyl halides is 6. The molecule has 6 N–H and O–H groups in total. The lowest BCUT2D eigenvalue weighted by Crippen LogP contribution is -2.50. The third-order valence-corrected chi connectivity index (χ3v) is 8.41. The fourth-order valence-corrected chi connectivity index (χ4v) is 6.07. The van der Waals surface area contributed by atoms with E-state index in [1.54, 1.807) is 10.4 Å². The predicted octanol–water partition coefficient (Wildman–Crippen LogP) is 5.09. The molecule has 3 atom stereocenters. The first-order valence-corrected chi connectivity index (χ1v) is 15.2. The Kier molecular flexibility index (Phi) is 12.3. The zero-order valence-electron chi connectivity index (χ0n) is 27.5. The minimum Gasteiger partial charge on any atom is -0.489 e. The van der Waals surface area contributed by atoms with E-state index >= 15 is 0 Å². The lowest BCUT2D eigenvalue weighted by atomic mass is 9.89. The molecule has 278 valence electrons. The van der Waals surface area contributed by atoms with Crippen molar-refractivity contribution >= 4 is 34.7 Å². The number of pyridine rings is 1. The second-order valence-corrected chi connectivity index (χ2v) is 12.8. The molecule has 1 saturated heterocycles. The van der Waals surface area contributed by atoms with E-state index in [1.165, 1.54) is 0 Å². The molecule has 1 saturated carbocycles. The van der Waals surface area contributed by atoms with Gasteiger partial charge in [0.1, 0.15) is 17.9 Å². The number of carboxylic acid groups (broad SMARTS) is 2. The molecule has 2 aliphatic rings. The van der Waals surface area contributed by atoms with E-state index in [1.807, 2.05) is 61.5 Å². The van der Waals surface area contributed by atoms with Crippen molar-refractivity contribution in [2.45, 2.75) is 70.6 Å². The number of nitrogens with zero attached hydrogens (tertiary/aromatic N) is 2. The van der Waals surface area contributed by atoms with Crippen molar-refractivity contribution in [2.24, 2.45) is 17.1 Å². The molecule has 5 rings (SSSR count). The molecule has 3 aromatic rings. The fraction of sp³-hybridized carbons (Fsp3) is 0.424. The maximum absolute atomic E-state index is 13.6. The summed E-state index contributed by atoms with van der Waals surface area (Å²) in [6.45, 7) is 7.00. The number of hydrogen-bond acceptors (Lipinski definition) is 8. The van der Waals surface area contributed by atoms with Crippen LogP contribution in [0.4, 0.5) is 26.3 Å². The summed E-state index contributed by atoms with van der Waals surface area (Å²) in [6.07, 6.45) is -8.43. The number of para-hydroxylation sites is 1. The number of aryl methyl sites for hydroxylation is 1. The Morgan fingerprint density at radius 3 is 2.06 bits per heavy atom. The Labute approximate surface area is 287 Å². The summed E-state index contributed by atoms with van der Waals surface area (Å²) < 4.78 is 69.6. The standard InChI is InChI=1S/C29H34N4O4.2C2HF3O2/c1-18-14-19(22-6-4-5-7-24(22)31-18)17-37-21-10-8-20(9-11-21)29(30)12-13-33(27(29)35)25-16-28(2,3)15-23(25)26(34)32-36;2*3-2(4,5)1(6)7/h4-11,14,23,25,36H,12-13,15-17,30H2,1-3H3,(H,32,34);2*(H,6,7)/t23-,25+,29-;;/m0../s1. The van der Waals surface area contributed by atoms with Gasteiger partial charge in [-0.2, -0.15) is 26.3 Å². The van der Waals surface area contributed by atoms with Gasteiger partial charge < -0.3 is 25.6 Å². The number of carbonyl (C=O) groups excluding carboxylic acids is 2. The highest BCUT2D eigenvalue weighted by molar-refractivity contribution is 5.91. The quantitative estimate of drug-likeness (QED) is 0.130. The summed E-state index contributed by atoms with van der Waals surface area (Å²) in [5.74, 6) is -5.92. The molecule has 12 nitrogen and oxygen atoms in total. The van der Waals surface area contributed by atoms with Gasteiger partial charge in [0.25, 0.3) is 0 Å². The number of hydrogen-bond donors (Lipinski definition) is 5. The second kappa shape index (κ2) is 15.5. The molecule has 0 unspecified atom stereocenters. The molecule has 1 aliphatic heterocycles. The average molecular weight is 731 g/mol. The molecule has 1 aromatic heterocycles. The number of rotatable bonds is 6. The highest BCUT2D eigenvalue weighted by Gasteiger charge is 2.53. The fourth-order valence-electron chi connectivity index (χ4n) is 6.07. The number of benzene rings is 2. The van der Waals surface area contributed by atoms with E-state index < -0.39 is 41.7 Å². The van der Waals surface area contributed by atoms with Gasteiger partial charge in [0.05, 0.1) is 11.4 Å². The van der Waals surface area contributed by atoms with E-state index in [0.29, 0.717) is 38.2 Å². The monoisotopic (exact) mass is 730 g/mol. The summed E-state index contributed by atoms with van der Waals surface area (Å²) in [5, 5.41) is 24.5. The van der Waals surface area contributed by atoms with Crippen LogP contribution in [0.1, 0.15) is 49.9 Å². The summed E-state index contributed by atoms with van der Waals surface area (Å²) >= 11 is 0. The number of nitrogens with one attached hydrogen (secondary N) is 1. The number of carbonyl (C=O) groups is 4. The first-order valence-electron chi connectivity index (χ1n) is 15.2. The number of hydroxylamine groups is 1. The van der Waals surface area contributed by atoms with Gasteiger partial charge in [-0.25, -0.2) is 15.1 Å². The summed E-state index contributed by atoms with van der Waals surface area (Å²) in [4.78, 5) is 50.1. The van der Waals surface area contributed by atoms with Crippen LogP contribution in [0, 0.1) is 18.3 Å². The molecule has 51 heavy (non-hydrogen) atoms. The zero-order valence-corrected chi connectivity index (χ0v) is 27.5. The number of likely N-dealkylation sites (tertiary alicyclic amines) is 1. The summed E-state index contributed by atoms with van der Waals surface area (Å²) in [5.41, 5.74) is 10.9. The molecule has 0 bridgehead atoms. The number of aliphatic carboxylic acids is 2. The van der Waals surface area contributed by atoms with Gasteiger partial charge in [0.2, 0.25) is 11.8 Å². The van der Waals surface area contributed by atoms with E-state index in [-0.39, 0.29) is 17.4 Å². The molecule has 1 aliphatic carbocycles. The van der Waals surface area contributed by atoms with Crippen molar-refractivity contribution in [3.63, 3.8) is 0 Å². The molecule has 0 spiro atoms. The Bertz CT molecular complexity index is 1730. The van der Waals surface area contributed by atoms with Crippen molar-refractivity contribution in [1.82, 2.24) is 15.4 Å². The highest BCUT2D eigenvalue weighted by Crippen LogP contribution is 2.46. The number of fused-ring (bicyclic) bond motifs is 1. The number of carboxylic acids is 2. The van der Waals surface area contributed by atoms with Crippen molar-refractivity contribution in [3.8, 4) is 5.75 Å². The van der Waals surface area contributed by atoms with Gasteiger partial charge in [-0.1, -0.05) is 44.2 Å². The van der Waals surface area contributed by atoms with Crippen molar-refractivity contribution in [2.75, 3.05) is 6.54 Å². The van der Waals surface area contributed by atoms with Gasteiger partial charge in [0.15, 0.2) is 0 Å². The lowest BCUT2D eigenvalue weighted by Gasteiger charge is -2.31. The van der Waals surface area contributed by atoms with E-state index in [2.05, 4.69) is 18.8 Å². The third kappa shape index (κ3) is 10.1. The van der Waals surface area contributed by atoms with E-state index in [4.69, 9.17) is 30.3 Å². The average Bonchev–Trinajstić information content (AvgIpc) is 3.53. The molecular weight excluding hydrogens is 694 g/mol. The summed E-state index contributed by atoms with van der Waals surface area (Å²) in [7, 11) is 0. The number of aromatic nitrogens is 1. The van der Waals surface area contributed by atoms with Crippen LogP contribution < -0.4 is 16.0 Å². The Morgan fingerprint density at radius 2 is 1.53 bits per heavy atom. The van der Waals surface area contributed by atoms with E-state index in [9.17, 15) is 41.1 Å². The molecule has 2 aromatic carbocycles. The first-order chi connectivity index (χ1) is 23.5. The van der Waals surface area contributed by atoms with Gasteiger partial charge in [-0.3, -0.25) is 19.8 Å². The van der Waals surface area contributed by atoms with Crippen LogP contribution in [-0.4, -0.2) is 74.0 Å². The molecule has 18 heteroatoms. The highest BCUT2D eigenvalue weighted by atomic mass is 19.4. The van der Waals surface area contributed by atoms with Gasteiger partial charge in [-0.15, -0.1) is 0 Å². The Morgan fingerprint density at radius 1 is 0.980 bits per heavy atom. The first kappa shape index (κ1) is 40.5. The van der Waals surface area contributed by atoms with Crippen LogP contribution in [0.15, 0.2) is 54.6 Å². The SMILES string of the molecule is Cc1cc(COc2ccc([C@@]3(N)CCN([C@@H]4CC(C)(C)C[C@@H]4C(=O)NO)C3=O)cc2)c2ccccc2n1.O=C(O)C(F)(F)F.O=C(O)C(F)(F)F. The second-order valence-electron chi connectivity index (χ2n) is 12.8. The molecular formula is C33H36F6N4O8. The molecule has 2 heterocycles. The van der Waals surface area contributed by atoms with Gasteiger partial charge in [0, 0.05) is 29.2 Å². The topological polar surface area (TPSA) is 192 Å². The van der Waals surface area contributed by atoms with Crippen LogP contribution >= 0.6 is 0 Å². The third-order valence-electron chi connectivity index (χ3n) is 8.41. The van der Waals surface area contributed by atoms with Crippen LogP contribution in [0.3, 0.4) is 0 Å². The van der Waals surface area contributed by atoms with Crippen LogP contribution in [-0.2, 0) is 31.3 Å². The largest absolute Gasteiger partial charge is 0.490 e. The van der Waals surface area contributed by atoms with Crippen LogP contribution in [0.5, 0.6) is 5.75 Å². The Balaban J connectivity index is 0.000000424. The minimum absolute atomic E-state index is 0.111. The number of ether oxygens (including phenoxy) is 1. The maximum atomic E-state index is 13.6. The van der Waals surface area contributed by atoms with Crippen molar-refractivity contribution < 1.29 is 65.7 Å². The van der Waals surface area contributed by atoms with Crippen molar-refractivity contribution in [3.05, 3.63) is 71.4 Å². The smallest absolute Gasteiger partial charge is 0.489 e. The normalized spacial score (nSPS) is 21.2. The van der Waals surface area contributed by atoms with E-state index in [0.717, 1.165) is 27.7 Å². The van der Waals surface area contributed by atoms with Gasteiger partial charge in [-0.05, 0) is 61.4 Å². The molecule has 0 radical (unpaired) electrons. The number of nitrogens with two attached hydrogens (primary N) is 1.